The van der Waals surface area contributed by atoms with Crippen LogP contribution in [0.1, 0.15) is 11.1 Å². The molecule has 0 saturated carbocycles. The fraction of sp³-hybridized carbons (Fsp3) is 0.188. The van der Waals surface area contributed by atoms with Crippen molar-refractivity contribution in [3.63, 3.8) is 0 Å². The molecule has 0 unspecified atom stereocenters. The second-order valence-electron chi connectivity index (χ2n) is 5.18. The highest BCUT2D eigenvalue weighted by atomic mass is 16.2. The van der Waals surface area contributed by atoms with Crippen molar-refractivity contribution >= 4 is 11.6 Å². The van der Waals surface area contributed by atoms with Gasteiger partial charge in [-0.25, -0.2) is 0 Å². The minimum atomic E-state index is -0.200. The van der Waals surface area contributed by atoms with Gasteiger partial charge in [0.15, 0.2) is 0 Å². The maximum absolute atomic E-state index is 12.1. The van der Waals surface area contributed by atoms with E-state index in [9.17, 15) is 4.79 Å². The Hall–Kier alpha value is -3.09. The van der Waals surface area contributed by atoms with Crippen molar-refractivity contribution in [2.75, 3.05) is 5.32 Å². The summed E-state index contributed by atoms with van der Waals surface area (Å²) in [5.74, 6) is 0.242. The highest BCUT2D eigenvalue weighted by Gasteiger charge is 2.10. The number of hydrogen-bond donors (Lipinski definition) is 1. The van der Waals surface area contributed by atoms with Gasteiger partial charge in [0.2, 0.25) is 11.7 Å². The highest BCUT2D eigenvalue weighted by Crippen LogP contribution is 2.18. The number of benzene rings is 1. The standard InChI is InChI=1S/C16H16N6O/c1-11-5-3-7-14(12(11)2)18-15(23)10-22-20-16(19-21-22)13-6-4-8-17-9-13/h3-9H,10H2,1-2H3,(H,18,23). The Labute approximate surface area is 133 Å². The van der Waals surface area contributed by atoms with Crippen molar-refractivity contribution in [1.82, 2.24) is 25.2 Å². The first-order valence-corrected chi connectivity index (χ1v) is 7.18. The van der Waals surface area contributed by atoms with Crippen molar-refractivity contribution < 1.29 is 4.79 Å². The fourth-order valence-corrected chi connectivity index (χ4v) is 2.13. The summed E-state index contributed by atoms with van der Waals surface area (Å²) in [5.41, 5.74) is 3.72. The Morgan fingerprint density at radius 1 is 1.22 bits per heavy atom. The minimum absolute atomic E-state index is 0.000639. The quantitative estimate of drug-likeness (QED) is 0.796. The highest BCUT2D eigenvalue weighted by molar-refractivity contribution is 5.91. The summed E-state index contributed by atoms with van der Waals surface area (Å²) >= 11 is 0. The minimum Gasteiger partial charge on any atom is -0.324 e. The molecule has 0 radical (unpaired) electrons. The van der Waals surface area contributed by atoms with E-state index in [1.165, 1.54) is 4.80 Å². The van der Waals surface area contributed by atoms with E-state index in [2.05, 4.69) is 25.7 Å². The maximum Gasteiger partial charge on any atom is 0.248 e. The first-order valence-electron chi connectivity index (χ1n) is 7.18. The summed E-state index contributed by atoms with van der Waals surface area (Å²) in [7, 11) is 0. The molecule has 1 amide bonds. The molecule has 3 aromatic rings. The molecular weight excluding hydrogens is 292 g/mol. The summed E-state index contributed by atoms with van der Waals surface area (Å²) in [6, 6.07) is 9.42. The number of hydrogen-bond acceptors (Lipinski definition) is 5. The van der Waals surface area contributed by atoms with Crippen LogP contribution in [0.4, 0.5) is 5.69 Å². The monoisotopic (exact) mass is 308 g/mol. The molecular formula is C16H16N6O. The van der Waals surface area contributed by atoms with Gasteiger partial charge >= 0.3 is 0 Å². The Bertz CT molecular complexity index is 828. The Morgan fingerprint density at radius 2 is 2.09 bits per heavy atom. The molecule has 0 spiro atoms. The third kappa shape index (κ3) is 3.39. The molecule has 0 aliphatic carbocycles. The molecule has 0 atom stereocenters. The smallest absolute Gasteiger partial charge is 0.248 e. The molecule has 7 nitrogen and oxygen atoms in total. The zero-order valence-electron chi connectivity index (χ0n) is 12.9. The number of nitrogens with one attached hydrogen (secondary N) is 1. The molecule has 23 heavy (non-hydrogen) atoms. The van der Waals surface area contributed by atoms with Crippen LogP contribution in [-0.4, -0.2) is 31.1 Å². The first-order chi connectivity index (χ1) is 11.1. The number of aryl methyl sites for hydroxylation is 1. The van der Waals surface area contributed by atoms with E-state index in [1.807, 2.05) is 38.1 Å². The van der Waals surface area contributed by atoms with E-state index in [0.717, 1.165) is 22.4 Å². The van der Waals surface area contributed by atoms with Crippen LogP contribution in [0, 0.1) is 13.8 Å². The zero-order valence-corrected chi connectivity index (χ0v) is 12.9. The number of nitrogens with zero attached hydrogens (tertiary/aromatic N) is 5. The molecule has 0 fully saturated rings. The average molecular weight is 308 g/mol. The fourth-order valence-electron chi connectivity index (χ4n) is 2.13. The van der Waals surface area contributed by atoms with Crippen LogP contribution >= 0.6 is 0 Å². The molecule has 1 aromatic carbocycles. The number of carbonyl (C=O) groups is 1. The van der Waals surface area contributed by atoms with Crippen molar-refractivity contribution in [2.45, 2.75) is 20.4 Å². The molecule has 7 heteroatoms. The zero-order chi connectivity index (χ0) is 16.2. The lowest BCUT2D eigenvalue weighted by Crippen LogP contribution is -2.21. The van der Waals surface area contributed by atoms with Crippen LogP contribution in [0.15, 0.2) is 42.7 Å². The van der Waals surface area contributed by atoms with Gasteiger partial charge in [0.25, 0.3) is 0 Å². The van der Waals surface area contributed by atoms with Crippen LogP contribution in [0.2, 0.25) is 0 Å². The first kappa shape index (κ1) is 14.8. The van der Waals surface area contributed by atoms with Gasteiger partial charge in [-0.2, -0.15) is 4.80 Å². The van der Waals surface area contributed by atoms with Gasteiger partial charge in [0, 0.05) is 23.6 Å². The van der Waals surface area contributed by atoms with E-state index in [1.54, 1.807) is 18.5 Å². The molecule has 0 saturated heterocycles. The predicted octanol–water partition coefficient (Wildman–Crippen LogP) is 1.99. The lowest BCUT2D eigenvalue weighted by Gasteiger charge is -2.09. The molecule has 2 aromatic heterocycles. The number of rotatable bonds is 4. The molecule has 1 N–H and O–H groups in total. The van der Waals surface area contributed by atoms with E-state index in [4.69, 9.17) is 0 Å². The summed E-state index contributed by atoms with van der Waals surface area (Å²) < 4.78 is 0. The molecule has 0 bridgehead atoms. The number of pyridine rings is 1. The summed E-state index contributed by atoms with van der Waals surface area (Å²) in [5, 5.41) is 14.9. The van der Waals surface area contributed by atoms with Crippen LogP contribution in [0.25, 0.3) is 11.4 Å². The van der Waals surface area contributed by atoms with Crippen molar-refractivity contribution in [3.8, 4) is 11.4 Å². The molecule has 0 aliphatic heterocycles. The largest absolute Gasteiger partial charge is 0.324 e. The third-order valence-electron chi connectivity index (χ3n) is 3.54. The third-order valence-corrected chi connectivity index (χ3v) is 3.54. The van der Waals surface area contributed by atoms with Crippen molar-refractivity contribution in [3.05, 3.63) is 53.9 Å². The maximum atomic E-state index is 12.1. The summed E-state index contributed by atoms with van der Waals surface area (Å²) in [4.78, 5) is 17.4. The number of aromatic nitrogens is 5. The van der Waals surface area contributed by atoms with E-state index >= 15 is 0 Å². The number of carbonyl (C=O) groups excluding carboxylic acids is 1. The van der Waals surface area contributed by atoms with Crippen LogP contribution in [0.3, 0.4) is 0 Å². The van der Waals surface area contributed by atoms with E-state index in [-0.39, 0.29) is 12.5 Å². The molecule has 0 aliphatic rings. The Morgan fingerprint density at radius 3 is 2.87 bits per heavy atom. The van der Waals surface area contributed by atoms with Crippen LogP contribution in [0.5, 0.6) is 0 Å². The normalized spacial score (nSPS) is 10.5. The summed E-state index contributed by atoms with van der Waals surface area (Å²) in [6.45, 7) is 3.98. The summed E-state index contributed by atoms with van der Waals surface area (Å²) in [6.07, 6.45) is 3.32. The second-order valence-corrected chi connectivity index (χ2v) is 5.18. The Kier molecular flexibility index (Phi) is 4.09. The molecule has 116 valence electrons. The van der Waals surface area contributed by atoms with E-state index in [0.29, 0.717) is 5.82 Å². The Balaban J connectivity index is 1.69. The number of anilines is 1. The van der Waals surface area contributed by atoms with Gasteiger partial charge < -0.3 is 5.32 Å². The van der Waals surface area contributed by atoms with Gasteiger partial charge in [0.1, 0.15) is 6.54 Å². The second kappa shape index (κ2) is 6.35. The molecule has 3 rings (SSSR count). The van der Waals surface area contributed by atoms with Gasteiger partial charge in [-0.3, -0.25) is 9.78 Å². The van der Waals surface area contributed by atoms with Crippen LogP contribution in [-0.2, 0) is 11.3 Å². The predicted molar refractivity (Wildman–Crippen MR) is 85.6 cm³/mol. The van der Waals surface area contributed by atoms with Gasteiger partial charge in [-0.1, -0.05) is 12.1 Å². The average Bonchev–Trinajstić information content (AvgIpc) is 3.01. The topological polar surface area (TPSA) is 85.6 Å². The van der Waals surface area contributed by atoms with Crippen molar-refractivity contribution in [2.24, 2.45) is 0 Å². The number of amides is 1. The lowest BCUT2D eigenvalue weighted by molar-refractivity contribution is -0.117. The van der Waals surface area contributed by atoms with E-state index < -0.39 is 0 Å². The van der Waals surface area contributed by atoms with Crippen molar-refractivity contribution in [1.29, 1.82) is 0 Å². The SMILES string of the molecule is Cc1cccc(NC(=O)Cn2nnc(-c3cccnc3)n2)c1C. The number of tetrazole rings is 1. The van der Waals surface area contributed by atoms with Gasteiger partial charge in [0.05, 0.1) is 0 Å². The van der Waals surface area contributed by atoms with Gasteiger partial charge in [-0.15, -0.1) is 10.2 Å². The molecule has 2 heterocycles. The van der Waals surface area contributed by atoms with Crippen LogP contribution < -0.4 is 5.32 Å². The lowest BCUT2D eigenvalue weighted by atomic mass is 10.1. The van der Waals surface area contributed by atoms with Gasteiger partial charge in [-0.05, 0) is 48.4 Å².